The second-order valence-electron chi connectivity index (χ2n) is 5.88. The van der Waals surface area contributed by atoms with Gasteiger partial charge in [0.25, 0.3) is 0 Å². The van der Waals surface area contributed by atoms with Gasteiger partial charge in [0.05, 0.1) is 0 Å². The molecule has 0 aromatic heterocycles. The molecule has 5 nitrogen and oxygen atoms in total. The van der Waals surface area contributed by atoms with E-state index >= 15 is 0 Å². The highest BCUT2D eigenvalue weighted by molar-refractivity contribution is 5.83. The van der Waals surface area contributed by atoms with Crippen molar-refractivity contribution in [2.75, 3.05) is 20.1 Å². The Hall–Kier alpha value is -1.26. The van der Waals surface area contributed by atoms with Crippen molar-refractivity contribution in [3.05, 3.63) is 0 Å². The van der Waals surface area contributed by atoms with Crippen LogP contribution in [0.4, 0.5) is 4.79 Å². The number of likely N-dealkylation sites (tertiary alicyclic amines) is 1. The van der Waals surface area contributed by atoms with E-state index in [4.69, 9.17) is 0 Å². The summed E-state index contributed by atoms with van der Waals surface area (Å²) in [4.78, 5) is 26.7. The van der Waals surface area contributed by atoms with E-state index in [1.54, 1.807) is 11.9 Å². The molecular weight excluding hydrogens is 232 g/mol. The first-order valence-corrected chi connectivity index (χ1v) is 6.66. The van der Waals surface area contributed by atoms with Crippen LogP contribution in [0.3, 0.4) is 0 Å². The Labute approximate surface area is 108 Å². The zero-order valence-electron chi connectivity index (χ0n) is 11.3. The van der Waals surface area contributed by atoms with Crippen LogP contribution in [-0.2, 0) is 4.79 Å². The van der Waals surface area contributed by atoms with Crippen molar-refractivity contribution >= 4 is 12.0 Å². The van der Waals surface area contributed by atoms with Gasteiger partial charge in [-0.3, -0.25) is 0 Å². The molecule has 1 aliphatic carbocycles. The summed E-state index contributed by atoms with van der Waals surface area (Å²) in [6.07, 6.45) is 1.95. The average Bonchev–Trinajstić information content (AvgIpc) is 2.83. The smallest absolute Gasteiger partial charge is 0.326 e. The van der Waals surface area contributed by atoms with Crippen molar-refractivity contribution in [1.82, 2.24) is 9.80 Å². The fraction of sp³-hybridized carbons (Fsp3) is 0.846. The van der Waals surface area contributed by atoms with E-state index in [0.717, 1.165) is 13.0 Å². The van der Waals surface area contributed by atoms with Gasteiger partial charge in [-0.1, -0.05) is 13.8 Å². The minimum absolute atomic E-state index is 0.0414. The van der Waals surface area contributed by atoms with Gasteiger partial charge in [-0.25, -0.2) is 9.59 Å². The van der Waals surface area contributed by atoms with Crippen molar-refractivity contribution < 1.29 is 14.7 Å². The lowest BCUT2D eigenvalue weighted by molar-refractivity contribution is -0.142. The van der Waals surface area contributed by atoms with Gasteiger partial charge in [0.1, 0.15) is 6.04 Å². The van der Waals surface area contributed by atoms with Gasteiger partial charge < -0.3 is 14.9 Å². The van der Waals surface area contributed by atoms with Crippen LogP contribution >= 0.6 is 0 Å². The second kappa shape index (κ2) is 4.78. The molecule has 18 heavy (non-hydrogen) atoms. The van der Waals surface area contributed by atoms with Crippen molar-refractivity contribution in [1.29, 1.82) is 0 Å². The molecular formula is C13H22N2O3. The normalized spacial score (nSPS) is 34.5. The molecule has 4 atom stereocenters. The molecule has 1 saturated heterocycles. The number of hydrogen-bond acceptors (Lipinski definition) is 2. The molecule has 0 aromatic rings. The summed E-state index contributed by atoms with van der Waals surface area (Å²) >= 11 is 0. The van der Waals surface area contributed by atoms with Gasteiger partial charge >= 0.3 is 12.0 Å². The Morgan fingerprint density at radius 1 is 1.33 bits per heavy atom. The molecule has 1 aliphatic heterocycles. The number of carboxylic acids is 1. The van der Waals surface area contributed by atoms with Crippen molar-refractivity contribution in [3.8, 4) is 0 Å². The molecule has 1 heterocycles. The number of carboxylic acid groups (broad SMARTS) is 1. The summed E-state index contributed by atoms with van der Waals surface area (Å²) in [6.45, 7) is 5.38. The lowest BCUT2D eigenvalue weighted by Gasteiger charge is -2.28. The van der Waals surface area contributed by atoms with Crippen LogP contribution in [0.2, 0.25) is 0 Å². The maximum Gasteiger partial charge on any atom is 0.326 e. The van der Waals surface area contributed by atoms with Crippen molar-refractivity contribution in [3.63, 3.8) is 0 Å². The molecule has 2 rings (SSSR count). The van der Waals surface area contributed by atoms with Gasteiger partial charge in [-0.05, 0) is 30.6 Å². The number of nitrogens with zero attached hydrogens (tertiary/aromatic N) is 2. The Kier molecular flexibility index (Phi) is 3.50. The highest BCUT2D eigenvalue weighted by Crippen LogP contribution is 2.38. The predicted octanol–water partition coefficient (Wildman–Crippen LogP) is 1.49. The monoisotopic (exact) mass is 254 g/mol. The number of rotatable bonds is 3. The van der Waals surface area contributed by atoms with Gasteiger partial charge in [0, 0.05) is 20.1 Å². The van der Waals surface area contributed by atoms with Crippen LogP contribution in [0.25, 0.3) is 0 Å². The van der Waals surface area contributed by atoms with E-state index in [0.29, 0.717) is 18.4 Å². The maximum absolute atomic E-state index is 12.3. The Balaban J connectivity index is 1.97. The minimum atomic E-state index is -0.887. The third-order valence-corrected chi connectivity index (χ3v) is 4.31. The highest BCUT2D eigenvalue weighted by atomic mass is 16.4. The van der Waals surface area contributed by atoms with E-state index in [9.17, 15) is 14.7 Å². The lowest BCUT2D eigenvalue weighted by Crippen LogP contribution is -2.48. The number of aliphatic carboxylic acids is 1. The molecule has 2 aliphatic rings. The average molecular weight is 254 g/mol. The highest BCUT2D eigenvalue weighted by Gasteiger charge is 2.42. The van der Waals surface area contributed by atoms with Crippen LogP contribution < -0.4 is 0 Å². The number of carbonyl (C=O) groups excluding carboxylic acids is 1. The first-order chi connectivity index (χ1) is 8.41. The molecule has 0 aromatic carbocycles. The third kappa shape index (κ3) is 2.44. The fourth-order valence-electron chi connectivity index (χ4n) is 2.84. The third-order valence-electron chi connectivity index (χ3n) is 4.31. The molecule has 0 radical (unpaired) electrons. The Morgan fingerprint density at radius 3 is 2.44 bits per heavy atom. The summed E-state index contributed by atoms with van der Waals surface area (Å²) in [7, 11) is 1.77. The Morgan fingerprint density at radius 2 is 1.94 bits per heavy atom. The quantitative estimate of drug-likeness (QED) is 0.830. The zero-order valence-corrected chi connectivity index (χ0v) is 11.3. The molecule has 0 bridgehead atoms. The molecule has 102 valence electrons. The Bertz CT molecular complexity index is 358. The van der Waals surface area contributed by atoms with E-state index < -0.39 is 12.0 Å². The molecule has 1 N–H and O–H groups in total. The van der Waals surface area contributed by atoms with E-state index in [-0.39, 0.29) is 11.9 Å². The van der Waals surface area contributed by atoms with E-state index in [2.05, 4.69) is 6.92 Å². The summed E-state index contributed by atoms with van der Waals surface area (Å²) in [5, 5.41) is 9.21. The van der Waals surface area contributed by atoms with Crippen LogP contribution in [0.5, 0.6) is 0 Å². The molecule has 0 spiro atoms. The van der Waals surface area contributed by atoms with Crippen LogP contribution in [0.1, 0.15) is 26.7 Å². The number of hydrogen-bond donors (Lipinski definition) is 1. The topological polar surface area (TPSA) is 60.9 Å². The fourth-order valence-corrected chi connectivity index (χ4v) is 2.84. The summed E-state index contributed by atoms with van der Waals surface area (Å²) < 4.78 is 0. The zero-order chi connectivity index (χ0) is 13.4. The van der Waals surface area contributed by atoms with Gasteiger partial charge in [0.2, 0.25) is 0 Å². The van der Waals surface area contributed by atoms with Crippen LogP contribution in [-0.4, -0.2) is 53.1 Å². The summed E-state index contributed by atoms with van der Waals surface area (Å²) in [5.74, 6) is 0.455. The van der Waals surface area contributed by atoms with E-state index in [1.165, 1.54) is 11.3 Å². The molecule has 4 unspecified atom stereocenters. The van der Waals surface area contributed by atoms with Gasteiger partial charge in [-0.2, -0.15) is 0 Å². The maximum atomic E-state index is 12.3. The van der Waals surface area contributed by atoms with Gasteiger partial charge in [0.15, 0.2) is 0 Å². The lowest BCUT2D eigenvalue weighted by atomic mass is 10.0. The second-order valence-corrected chi connectivity index (χ2v) is 5.88. The van der Waals surface area contributed by atoms with E-state index in [1.807, 2.05) is 6.92 Å². The number of amides is 2. The van der Waals surface area contributed by atoms with Gasteiger partial charge in [-0.15, -0.1) is 0 Å². The van der Waals surface area contributed by atoms with Crippen molar-refractivity contribution in [2.24, 2.45) is 17.8 Å². The number of carbonyl (C=O) groups is 2. The predicted molar refractivity (Wildman–Crippen MR) is 67.2 cm³/mol. The molecule has 5 heteroatoms. The largest absolute Gasteiger partial charge is 0.480 e. The number of urea groups is 1. The van der Waals surface area contributed by atoms with Crippen molar-refractivity contribution in [2.45, 2.75) is 32.7 Å². The first kappa shape index (κ1) is 13.2. The molecule has 2 fully saturated rings. The standard InChI is InChI=1S/C13H22N2O3/c1-8-4-5-15(11(8)12(16)17)13(18)14(3)7-10-6-9(10)2/h8-11H,4-7H2,1-3H3,(H,16,17). The summed E-state index contributed by atoms with van der Waals surface area (Å²) in [5.41, 5.74) is 0. The first-order valence-electron chi connectivity index (χ1n) is 6.66. The van der Waals surface area contributed by atoms with Crippen LogP contribution in [0, 0.1) is 17.8 Å². The van der Waals surface area contributed by atoms with Crippen LogP contribution in [0.15, 0.2) is 0 Å². The SMILES string of the molecule is CC1CC1CN(C)C(=O)N1CCC(C)C1C(=O)O. The molecule has 2 amide bonds. The minimum Gasteiger partial charge on any atom is -0.480 e. The summed E-state index contributed by atoms with van der Waals surface area (Å²) in [6, 6.07) is -0.789. The molecule has 1 saturated carbocycles.